The van der Waals surface area contributed by atoms with Gasteiger partial charge >= 0.3 is 6.18 Å². The summed E-state index contributed by atoms with van der Waals surface area (Å²) >= 11 is 0. The molecule has 2 heterocycles. The van der Waals surface area contributed by atoms with E-state index in [0.717, 1.165) is 0 Å². The third-order valence-corrected chi connectivity index (χ3v) is 2.10. The van der Waals surface area contributed by atoms with E-state index in [-0.39, 0.29) is 5.82 Å². The van der Waals surface area contributed by atoms with Crippen LogP contribution in [0.25, 0.3) is 11.0 Å². The molecule has 0 bridgehead atoms. The maximum absolute atomic E-state index is 12.1. The number of pyridine rings is 1. The first-order chi connectivity index (χ1) is 7.47. The predicted molar refractivity (Wildman–Crippen MR) is 49.7 cm³/mol. The maximum atomic E-state index is 12.1. The molecule has 2 rings (SSSR count). The van der Waals surface area contributed by atoms with Crippen LogP contribution in [-0.2, 0) is 6.42 Å². The van der Waals surface area contributed by atoms with Crippen molar-refractivity contribution in [3.63, 3.8) is 0 Å². The Balaban J connectivity index is 2.22. The highest BCUT2D eigenvalue weighted by atomic mass is 19.4. The van der Waals surface area contributed by atoms with E-state index in [1.807, 2.05) is 0 Å². The van der Waals surface area contributed by atoms with E-state index in [0.29, 0.717) is 11.0 Å². The van der Waals surface area contributed by atoms with Crippen molar-refractivity contribution in [2.45, 2.75) is 18.7 Å². The van der Waals surface area contributed by atoms with Gasteiger partial charge in [-0.3, -0.25) is 4.98 Å². The van der Waals surface area contributed by atoms with Gasteiger partial charge < -0.3 is 10.1 Å². The molecule has 2 aromatic heterocycles. The van der Waals surface area contributed by atoms with E-state index in [9.17, 15) is 13.2 Å². The number of aliphatic hydroxyl groups excluding tert-OH is 1. The summed E-state index contributed by atoms with van der Waals surface area (Å²) in [7, 11) is 0. The third-order valence-electron chi connectivity index (χ3n) is 2.10. The molecule has 0 radical (unpaired) electrons. The lowest BCUT2D eigenvalue weighted by Gasteiger charge is -2.12. The van der Waals surface area contributed by atoms with Crippen LogP contribution in [0.4, 0.5) is 13.2 Å². The van der Waals surface area contributed by atoms with Crippen molar-refractivity contribution in [2.75, 3.05) is 0 Å². The van der Waals surface area contributed by atoms with Crippen molar-refractivity contribution < 1.29 is 18.3 Å². The molecule has 0 fully saturated rings. The lowest BCUT2D eigenvalue weighted by Crippen LogP contribution is -2.30. The average molecular weight is 231 g/mol. The second-order valence-corrected chi connectivity index (χ2v) is 3.34. The van der Waals surface area contributed by atoms with Gasteiger partial charge in [-0.2, -0.15) is 13.2 Å². The van der Waals surface area contributed by atoms with Crippen LogP contribution in [0.3, 0.4) is 0 Å². The van der Waals surface area contributed by atoms with Crippen LogP contribution in [0, 0.1) is 0 Å². The average Bonchev–Trinajstić information content (AvgIpc) is 2.58. The number of alkyl halides is 3. The zero-order chi connectivity index (χ0) is 11.8. The number of nitrogens with zero attached hydrogens (tertiary/aromatic N) is 2. The van der Waals surface area contributed by atoms with Crippen LogP contribution in [0.15, 0.2) is 18.5 Å². The number of aromatic nitrogens is 3. The first kappa shape index (κ1) is 10.9. The largest absolute Gasteiger partial charge is 0.414 e. The SMILES string of the molecule is OC(Cc1nc2ccncc2[nH]1)C(F)(F)F. The van der Waals surface area contributed by atoms with Gasteiger partial charge in [0.1, 0.15) is 5.82 Å². The molecule has 1 atom stereocenters. The quantitative estimate of drug-likeness (QED) is 0.821. The summed E-state index contributed by atoms with van der Waals surface area (Å²) in [5.74, 6) is 0.0906. The van der Waals surface area contributed by atoms with Crippen LogP contribution >= 0.6 is 0 Å². The Bertz CT molecular complexity index is 461. The summed E-state index contributed by atoms with van der Waals surface area (Å²) in [6, 6.07) is 1.58. The molecule has 2 N–H and O–H groups in total. The second kappa shape index (κ2) is 3.75. The molecule has 0 spiro atoms. The van der Waals surface area contributed by atoms with Gasteiger partial charge in [-0.15, -0.1) is 0 Å². The predicted octanol–water partition coefficient (Wildman–Crippen LogP) is 1.42. The standard InChI is InChI=1S/C9H8F3N3O/c10-9(11,12)7(16)3-8-14-5-1-2-13-4-6(5)15-8/h1-2,4,7,16H,3H2,(H,14,15). The highest BCUT2D eigenvalue weighted by Crippen LogP contribution is 2.22. The van der Waals surface area contributed by atoms with Crippen LogP contribution < -0.4 is 0 Å². The Labute approximate surface area is 88.1 Å². The Hall–Kier alpha value is -1.63. The number of aliphatic hydroxyl groups is 1. The number of imidazole rings is 1. The van der Waals surface area contributed by atoms with Crippen molar-refractivity contribution in [3.05, 3.63) is 24.3 Å². The highest BCUT2D eigenvalue weighted by Gasteiger charge is 2.38. The van der Waals surface area contributed by atoms with Gasteiger partial charge in [0.2, 0.25) is 0 Å². The molecule has 4 nitrogen and oxygen atoms in total. The number of fused-ring (bicyclic) bond motifs is 1. The van der Waals surface area contributed by atoms with Crippen LogP contribution in [-0.4, -0.2) is 32.3 Å². The van der Waals surface area contributed by atoms with E-state index < -0.39 is 18.7 Å². The molecule has 0 aliphatic carbocycles. The third kappa shape index (κ3) is 2.13. The monoisotopic (exact) mass is 231 g/mol. The summed E-state index contributed by atoms with van der Waals surface area (Å²) in [5.41, 5.74) is 1.08. The first-order valence-corrected chi connectivity index (χ1v) is 4.50. The molecule has 7 heteroatoms. The van der Waals surface area contributed by atoms with E-state index in [1.54, 1.807) is 6.07 Å². The lowest BCUT2D eigenvalue weighted by molar-refractivity contribution is -0.203. The highest BCUT2D eigenvalue weighted by molar-refractivity contribution is 5.73. The van der Waals surface area contributed by atoms with Gasteiger partial charge in [-0.25, -0.2) is 4.98 Å². The van der Waals surface area contributed by atoms with E-state index in [2.05, 4.69) is 15.0 Å². The minimum atomic E-state index is -4.63. The van der Waals surface area contributed by atoms with Crippen molar-refractivity contribution in [1.29, 1.82) is 0 Å². The molecule has 0 aliphatic rings. The first-order valence-electron chi connectivity index (χ1n) is 4.50. The molecule has 0 saturated heterocycles. The van der Waals surface area contributed by atoms with E-state index in [1.165, 1.54) is 12.4 Å². The number of hydrogen-bond donors (Lipinski definition) is 2. The van der Waals surface area contributed by atoms with Crippen molar-refractivity contribution >= 4 is 11.0 Å². The Morgan fingerprint density at radius 1 is 1.44 bits per heavy atom. The lowest BCUT2D eigenvalue weighted by atomic mass is 10.2. The molecule has 0 amide bonds. The van der Waals surface area contributed by atoms with Crippen LogP contribution in [0.5, 0.6) is 0 Å². The van der Waals surface area contributed by atoms with E-state index >= 15 is 0 Å². The number of aromatic amines is 1. The van der Waals surface area contributed by atoms with Gasteiger partial charge in [0.05, 0.1) is 17.2 Å². The summed E-state index contributed by atoms with van der Waals surface area (Å²) in [4.78, 5) is 10.4. The zero-order valence-electron chi connectivity index (χ0n) is 7.99. The molecule has 0 saturated carbocycles. The molecule has 0 aromatic carbocycles. The van der Waals surface area contributed by atoms with Gasteiger partial charge in [0.15, 0.2) is 6.10 Å². The Kier molecular flexibility index (Phi) is 2.55. The number of hydrogen-bond acceptors (Lipinski definition) is 3. The Morgan fingerprint density at radius 3 is 2.81 bits per heavy atom. The summed E-state index contributed by atoms with van der Waals surface area (Å²) in [5, 5.41) is 8.86. The number of H-pyrrole nitrogens is 1. The smallest absolute Gasteiger partial charge is 0.383 e. The molecule has 0 aliphatic heterocycles. The number of halogens is 3. The fourth-order valence-electron chi connectivity index (χ4n) is 1.31. The van der Waals surface area contributed by atoms with Crippen LogP contribution in [0.1, 0.15) is 5.82 Å². The molecule has 86 valence electrons. The number of nitrogens with one attached hydrogen (secondary N) is 1. The zero-order valence-corrected chi connectivity index (χ0v) is 7.99. The molecular weight excluding hydrogens is 223 g/mol. The van der Waals surface area contributed by atoms with Crippen molar-refractivity contribution in [3.8, 4) is 0 Å². The normalized spacial score (nSPS) is 14.2. The molecule has 2 aromatic rings. The molecule has 16 heavy (non-hydrogen) atoms. The Morgan fingerprint density at radius 2 is 2.19 bits per heavy atom. The maximum Gasteiger partial charge on any atom is 0.414 e. The van der Waals surface area contributed by atoms with Gasteiger partial charge in [-0.1, -0.05) is 0 Å². The minimum Gasteiger partial charge on any atom is -0.383 e. The second-order valence-electron chi connectivity index (χ2n) is 3.34. The van der Waals surface area contributed by atoms with E-state index in [4.69, 9.17) is 5.11 Å². The topological polar surface area (TPSA) is 61.8 Å². The van der Waals surface area contributed by atoms with Gasteiger partial charge in [-0.05, 0) is 6.07 Å². The minimum absolute atomic E-state index is 0.0906. The van der Waals surface area contributed by atoms with Crippen molar-refractivity contribution in [2.24, 2.45) is 0 Å². The fraction of sp³-hybridized carbons (Fsp3) is 0.333. The number of rotatable bonds is 2. The summed E-state index contributed by atoms with van der Waals surface area (Å²) < 4.78 is 36.3. The fourth-order valence-corrected chi connectivity index (χ4v) is 1.31. The molecular formula is C9H8F3N3O. The van der Waals surface area contributed by atoms with Crippen LogP contribution in [0.2, 0.25) is 0 Å². The van der Waals surface area contributed by atoms with Gasteiger partial charge in [0, 0.05) is 12.6 Å². The summed E-state index contributed by atoms with van der Waals surface area (Å²) in [6.07, 6.45) is -4.66. The summed E-state index contributed by atoms with van der Waals surface area (Å²) in [6.45, 7) is 0. The van der Waals surface area contributed by atoms with Gasteiger partial charge in [0.25, 0.3) is 0 Å². The van der Waals surface area contributed by atoms with Crippen molar-refractivity contribution in [1.82, 2.24) is 15.0 Å². The molecule has 1 unspecified atom stereocenters.